The number of benzene rings is 2. The second-order valence-corrected chi connectivity index (χ2v) is 9.05. The summed E-state index contributed by atoms with van der Waals surface area (Å²) in [6, 6.07) is 17.2. The summed E-state index contributed by atoms with van der Waals surface area (Å²) >= 11 is 0. The highest BCUT2D eigenvalue weighted by atomic mass is 19.1. The smallest absolute Gasteiger partial charge is 0.318 e. The Morgan fingerprint density at radius 2 is 1.84 bits per heavy atom. The van der Waals surface area contributed by atoms with Crippen LogP contribution in [0.2, 0.25) is 0 Å². The van der Waals surface area contributed by atoms with Crippen LogP contribution in [0.15, 0.2) is 60.7 Å². The highest BCUT2D eigenvalue weighted by molar-refractivity contribution is 5.84. The Bertz CT molecular complexity index is 1220. The van der Waals surface area contributed by atoms with E-state index in [1.165, 1.54) is 17.0 Å². The Morgan fingerprint density at radius 1 is 1.03 bits per heavy atom. The molecule has 1 N–H and O–H groups in total. The lowest BCUT2D eigenvalue weighted by Gasteiger charge is -2.27. The number of urea groups is 1. The summed E-state index contributed by atoms with van der Waals surface area (Å²) in [7, 11) is 1.63. The number of carbonyl (C=O) groups is 2. The van der Waals surface area contributed by atoms with Crippen LogP contribution in [0.5, 0.6) is 5.75 Å². The predicted molar refractivity (Wildman–Crippen MR) is 143 cm³/mol. The first-order valence-corrected chi connectivity index (χ1v) is 12.7. The molecule has 200 valence electrons. The number of carbonyl (C=O) groups excluding carboxylic acids is 2. The molecule has 4 rings (SSSR count). The minimum Gasteiger partial charge on any atom is -0.497 e. The third-order valence-electron chi connectivity index (χ3n) is 6.42. The Hall–Kier alpha value is -4.21. The number of rotatable bonds is 8. The average Bonchev–Trinajstić information content (AvgIpc) is 3.21. The lowest BCUT2D eigenvalue weighted by atomic mass is 10.1. The topological polar surface area (TPSA) is 90.9 Å². The van der Waals surface area contributed by atoms with Crippen molar-refractivity contribution in [2.45, 2.75) is 19.9 Å². The van der Waals surface area contributed by atoms with E-state index in [9.17, 15) is 14.0 Å². The maximum absolute atomic E-state index is 13.3. The Morgan fingerprint density at radius 3 is 2.55 bits per heavy atom. The van der Waals surface area contributed by atoms with Gasteiger partial charge in [-0.1, -0.05) is 24.3 Å². The van der Waals surface area contributed by atoms with E-state index < -0.39 is 0 Å². The molecule has 1 fully saturated rings. The van der Waals surface area contributed by atoms with Crippen LogP contribution < -0.4 is 15.0 Å². The second kappa shape index (κ2) is 12.8. The zero-order valence-corrected chi connectivity index (χ0v) is 21.8. The van der Waals surface area contributed by atoms with Crippen LogP contribution in [0.1, 0.15) is 18.9 Å². The monoisotopic (exact) mass is 520 g/mol. The minimum absolute atomic E-state index is 0.0573. The van der Waals surface area contributed by atoms with Crippen molar-refractivity contribution in [1.29, 1.82) is 0 Å². The van der Waals surface area contributed by atoms with Gasteiger partial charge >= 0.3 is 6.03 Å². The van der Waals surface area contributed by atoms with Crippen LogP contribution >= 0.6 is 0 Å². The van der Waals surface area contributed by atoms with E-state index >= 15 is 0 Å². The highest BCUT2D eigenvalue weighted by Gasteiger charge is 2.24. The van der Waals surface area contributed by atoms with Gasteiger partial charge in [-0.2, -0.15) is 0 Å². The molecule has 0 aliphatic carbocycles. The largest absolute Gasteiger partial charge is 0.497 e. The van der Waals surface area contributed by atoms with Gasteiger partial charge in [-0.05, 0) is 55.3 Å². The zero-order chi connectivity index (χ0) is 26.9. The first-order chi connectivity index (χ1) is 18.5. The van der Waals surface area contributed by atoms with Crippen LogP contribution in [0.25, 0.3) is 11.3 Å². The van der Waals surface area contributed by atoms with E-state index in [-0.39, 0.29) is 30.8 Å². The third-order valence-corrected chi connectivity index (χ3v) is 6.42. The molecule has 0 bridgehead atoms. The van der Waals surface area contributed by atoms with Crippen molar-refractivity contribution in [3.05, 3.63) is 72.0 Å². The maximum atomic E-state index is 13.3. The van der Waals surface area contributed by atoms with E-state index in [1.54, 1.807) is 24.1 Å². The molecule has 10 heteroatoms. The molecule has 2 aromatic carbocycles. The molecule has 1 aromatic heterocycles. The first-order valence-electron chi connectivity index (χ1n) is 12.7. The fourth-order valence-corrected chi connectivity index (χ4v) is 4.36. The predicted octanol–water partition coefficient (Wildman–Crippen LogP) is 3.56. The molecule has 0 saturated carbocycles. The van der Waals surface area contributed by atoms with E-state index in [0.717, 1.165) is 41.4 Å². The van der Waals surface area contributed by atoms with Crippen LogP contribution in [0, 0.1) is 5.82 Å². The Kier molecular flexibility index (Phi) is 9.07. The lowest BCUT2D eigenvalue weighted by Crippen LogP contribution is -2.47. The minimum atomic E-state index is -0.344. The van der Waals surface area contributed by atoms with Crippen molar-refractivity contribution in [3.63, 3.8) is 0 Å². The average molecular weight is 521 g/mol. The number of halogens is 1. The molecule has 3 amide bonds. The number of amides is 3. The fraction of sp³-hybridized carbons (Fsp3) is 0.357. The molecule has 1 saturated heterocycles. The van der Waals surface area contributed by atoms with Crippen molar-refractivity contribution in [2.75, 3.05) is 51.3 Å². The molecule has 0 atom stereocenters. The van der Waals surface area contributed by atoms with Gasteiger partial charge in [-0.15, -0.1) is 10.2 Å². The molecule has 38 heavy (non-hydrogen) atoms. The molecule has 1 aliphatic rings. The Labute approximate surface area is 222 Å². The first kappa shape index (κ1) is 26.8. The van der Waals surface area contributed by atoms with Crippen LogP contribution in [-0.2, 0) is 11.3 Å². The fourth-order valence-electron chi connectivity index (χ4n) is 4.36. The van der Waals surface area contributed by atoms with E-state index in [1.807, 2.05) is 43.3 Å². The number of aromatic nitrogens is 2. The summed E-state index contributed by atoms with van der Waals surface area (Å²) in [6.45, 7) is 4.88. The normalized spacial score (nSPS) is 13.6. The number of ether oxygens (including phenoxy) is 1. The molecule has 2 heterocycles. The van der Waals surface area contributed by atoms with Crippen molar-refractivity contribution in [3.8, 4) is 17.0 Å². The molecule has 0 radical (unpaired) electrons. The summed E-state index contributed by atoms with van der Waals surface area (Å²) in [5.41, 5.74) is 2.43. The van der Waals surface area contributed by atoms with Gasteiger partial charge in [-0.3, -0.25) is 4.79 Å². The molecule has 1 aliphatic heterocycles. The van der Waals surface area contributed by atoms with E-state index in [2.05, 4.69) is 20.4 Å². The molecule has 0 unspecified atom stereocenters. The summed E-state index contributed by atoms with van der Waals surface area (Å²) in [6.07, 6.45) is 0.768. The number of nitrogens with zero attached hydrogens (tertiary/aromatic N) is 5. The number of anilines is 1. The van der Waals surface area contributed by atoms with E-state index in [4.69, 9.17) is 4.74 Å². The highest BCUT2D eigenvalue weighted by Crippen LogP contribution is 2.23. The van der Waals surface area contributed by atoms with Gasteiger partial charge in [0, 0.05) is 44.8 Å². The van der Waals surface area contributed by atoms with Crippen LogP contribution in [0.3, 0.4) is 0 Å². The maximum Gasteiger partial charge on any atom is 0.318 e. The van der Waals surface area contributed by atoms with Gasteiger partial charge in [0.05, 0.1) is 12.8 Å². The van der Waals surface area contributed by atoms with Crippen molar-refractivity contribution in [2.24, 2.45) is 0 Å². The second-order valence-electron chi connectivity index (χ2n) is 9.05. The number of hydrogen-bond donors (Lipinski definition) is 1. The number of hydrogen-bond acceptors (Lipinski definition) is 6. The molecule has 3 aromatic rings. The van der Waals surface area contributed by atoms with Gasteiger partial charge in [0.1, 0.15) is 18.1 Å². The lowest BCUT2D eigenvalue weighted by molar-refractivity contribution is -0.131. The number of nitrogens with one attached hydrogen (secondary N) is 1. The molecule has 0 spiro atoms. The zero-order valence-electron chi connectivity index (χ0n) is 21.8. The van der Waals surface area contributed by atoms with Crippen molar-refractivity contribution in [1.82, 2.24) is 25.3 Å². The van der Waals surface area contributed by atoms with Crippen molar-refractivity contribution < 1.29 is 18.7 Å². The van der Waals surface area contributed by atoms with Crippen LogP contribution in [0.4, 0.5) is 15.0 Å². The van der Waals surface area contributed by atoms with Gasteiger partial charge in [0.25, 0.3) is 0 Å². The van der Waals surface area contributed by atoms with Gasteiger partial charge < -0.3 is 24.8 Å². The summed E-state index contributed by atoms with van der Waals surface area (Å²) in [5.74, 6) is 1.04. The molecular formula is C28H33FN6O3. The number of methoxy groups -OCH3 is 1. The third kappa shape index (κ3) is 6.96. The van der Waals surface area contributed by atoms with Gasteiger partial charge in [0.2, 0.25) is 5.91 Å². The van der Waals surface area contributed by atoms with E-state index in [0.29, 0.717) is 26.2 Å². The quantitative estimate of drug-likeness (QED) is 0.489. The summed E-state index contributed by atoms with van der Waals surface area (Å²) < 4.78 is 18.6. The van der Waals surface area contributed by atoms with Crippen molar-refractivity contribution >= 4 is 17.8 Å². The van der Waals surface area contributed by atoms with Crippen LogP contribution in [-0.4, -0.2) is 78.3 Å². The standard InChI is InChI=1S/C28H33FN6O3/c1-3-30-28(37)35(19-21-8-10-23(29)11-9-21)20-27(36)34-15-5-14-33(16-17-34)26-13-12-25(31-32-26)22-6-4-7-24(18-22)38-2/h4,6-13,18H,3,5,14-17,19-20H2,1-2H3,(H,30,37). The molecular weight excluding hydrogens is 487 g/mol. The van der Waals surface area contributed by atoms with Gasteiger partial charge in [0.15, 0.2) is 5.82 Å². The SMILES string of the molecule is CCNC(=O)N(CC(=O)N1CCCN(c2ccc(-c3cccc(OC)c3)nn2)CC1)Cc1ccc(F)cc1. The summed E-state index contributed by atoms with van der Waals surface area (Å²) in [4.78, 5) is 31.2. The Balaban J connectivity index is 1.37. The van der Waals surface area contributed by atoms with Gasteiger partial charge in [-0.25, -0.2) is 9.18 Å². The summed E-state index contributed by atoms with van der Waals surface area (Å²) in [5, 5.41) is 11.6. The molecule has 9 nitrogen and oxygen atoms in total.